The van der Waals surface area contributed by atoms with Crippen LogP contribution in [-0.2, 0) is 0 Å². The summed E-state index contributed by atoms with van der Waals surface area (Å²) >= 11 is 0. The molecule has 2 heterocycles. The molecule has 0 unspecified atom stereocenters. The number of anilines is 1. The second-order valence-corrected chi connectivity index (χ2v) is 6.40. The van der Waals surface area contributed by atoms with Gasteiger partial charge >= 0.3 is 6.09 Å². The molecule has 0 aliphatic rings. The summed E-state index contributed by atoms with van der Waals surface area (Å²) in [5.74, 6) is -0.151. The number of carbonyl (C=O) groups is 2. The minimum atomic E-state index is -1.01. The van der Waals surface area contributed by atoms with Crippen molar-refractivity contribution in [1.29, 1.82) is 0 Å². The minimum Gasteiger partial charge on any atom is -0.465 e. The van der Waals surface area contributed by atoms with Crippen molar-refractivity contribution in [2.75, 3.05) is 11.4 Å². The van der Waals surface area contributed by atoms with Gasteiger partial charge in [-0.1, -0.05) is 42.5 Å². The molecule has 144 valence electrons. The molecule has 4 rings (SSSR count). The number of amides is 1. The van der Waals surface area contributed by atoms with Gasteiger partial charge in [0.25, 0.3) is 0 Å². The first-order valence-electron chi connectivity index (χ1n) is 9.13. The average Bonchev–Trinajstić information content (AvgIpc) is 3.18. The van der Waals surface area contributed by atoms with Crippen LogP contribution in [0.25, 0.3) is 16.9 Å². The third kappa shape index (κ3) is 3.34. The van der Waals surface area contributed by atoms with Gasteiger partial charge < -0.3 is 5.11 Å². The van der Waals surface area contributed by atoms with E-state index in [1.807, 2.05) is 24.3 Å². The average molecular weight is 386 g/mol. The molecule has 7 heteroatoms. The summed E-state index contributed by atoms with van der Waals surface area (Å²) in [4.78, 5) is 29.9. The normalized spacial score (nSPS) is 10.8. The SMILES string of the molecule is CCN(C(=O)O)c1cccc(-c2ccnc3c(C(=O)c4ccccc4)cnn23)c1. The van der Waals surface area contributed by atoms with Crippen molar-refractivity contribution >= 4 is 23.2 Å². The standard InChI is InChI=1S/C22H18N4O3/c1-2-25(22(28)29)17-10-6-9-16(13-17)19-11-12-23-21-18(14-24-26(19)21)20(27)15-7-4-3-5-8-15/h3-14H,2H2,1H3,(H,28,29). The highest BCUT2D eigenvalue weighted by atomic mass is 16.4. The van der Waals surface area contributed by atoms with Gasteiger partial charge in [0.1, 0.15) is 0 Å². The molecule has 0 saturated heterocycles. The molecule has 0 bridgehead atoms. The molecule has 4 aromatic rings. The summed E-state index contributed by atoms with van der Waals surface area (Å²) in [6, 6.07) is 18.0. The van der Waals surface area contributed by atoms with Crippen LogP contribution < -0.4 is 4.90 Å². The molecule has 0 saturated carbocycles. The van der Waals surface area contributed by atoms with Crippen LogP contribution in [0.15, 0.2) is 73.1 Å². The van der Waals surface area contributed by atoms with E-state index < -0.39 is 6.09 Å². The number of aromatic nitrogens is 3. The first kappa shape index (κ1) is 18.4. The van der Waals surface area contributed by atoms with Gasteiger partial charge in [0.15, 0.2) is 11.4 Å². The van der Waals surface area contributed by atoms with Crippen molar-refractivity contribution in [2.45, 2.75) is 6.92 Å². The lowest BCUT2D eigenvalue weighted by Crippen LogP contribution is -2.28. The third-order valence-corrected chi connectivity index (χ3v) is 4.68. The first-order chi connectivity index (χ1) is 14.1. The summed E-state index contributed by atoms with van der Waals surface area (Å²) < 4.78 is 1.60. The van der Waals surface area contributed by atoms with Crippen LogP contribution in [0, 0.1) is 0 Å². The Morgan fingerprint density at radius 1 is 1.07 bits per heavy atom. The van der Waals surface area contributed by atoms with E-state index in [0.29, 0.717) is 34.7 Å². The number of carbonyl (C=O) groups excluding carboxylic acids is 1. The van der Waals surface area contributed by atoms with E-state index in [1.165, 1.54) is 11.1 Å². The summed E-state index contributed by atoms with van der Waals surface area (Å²) in [6.45, 7) is 2.11. The molecule has 0 spiro atoms. The Kier molecular flexibility index (Phi) is 4.78. The van der Waals surface area contributed by atoms with Crippen LogP contribution in [0.1, 0.15) is 22.8 Å². The fourth-order valence-corrected chi connectivity index (χ4v) is 3.28. The zero-order valence-corrected chi connectivity index (χ0v) is 15.7. The van der Waals surface area contributed by atoms with Gasteiger partial charge in [0.05, 0.1) is 17.5 Å². The molecule has 1 N–H and O–H groups in total. The van der Waals surface area contributed by atoms with Crippen molar-refractivity contribution in [3.8, 4) is 11.3 Å². The van der Waals surface area contributed by atoms with Gasteiger partial charge in [-0.05, 0) is 25.1 Å². The fourth-order valence-electron chi connectivity index (χ4n) is 3.28. The van der Waals surface area contributed by atoms with Crippen molar-refractivity contribution in [3.05, 3.63) is 84.2 Å². The fraction of sp³-hybridized carbons (Fsp3) is 0.0909. The molecule has 0 radical (unpaired) electrons. The van der Waals surface area contributed by atoms with Gasteiger partial charge in [-0.2, -0.15) is 5.10 Å². The van der Waals surface area contributed by atoms with E-state index in [0.717, 1.165) is 5.56 Å². The molecule has 29 heavy (non-hydrogen) atoms. The summed E-state index contributed by atoms with van der Waals surface area (Å²) in [7, 11) is 0. The Morgan fingerprint density at radius 3 is 2.59 bits per heavy atom. The van der Waals surface area contributed by atoms with Crippen LogP contribution in [0.4, 0.5) is 10.5 Å². The lowest BCUT2D eigenvalue weighted by atomic mass is 10.1. The second kappa shape index (κ2) is 7.55. The van der Waals surface area contributed by atoms with E-state index in [-0.39, 0.29) is 5.78 Å². The Balaban J connectivity index is 1.80. The Hall–Kier alpha value is -4.00. The number of nitrogens with zero attached hydrogens (tertiary/aromatic N) is 4. The first-order valence-corrected chi connectivity index (χ1v) is 9.13. The molecule has 1 amide bonds. The molecule has 2 aromatic heterocycles. The Bertz CT molecular complexity index is 1200. The number of carboxylic acid groups (broad SMARTS) is 1. The number of hydrogen-bond donors (Lipinski definition) is 1. The van der Waals surface area contributed by atoms with Crippen LogP contribution in [0.2, 0.25) is 0 Å². The maximum atomic E-state index is 12.9. The number of benzene rings is 2. The van der Waals surface area contributed by atoms with E-state index in [4.69, 9.17) is 0 Å². The number of ketones is 1. The lowest BCUT2D eigenvalue weighted by molar-refractivity contribution is 0.104. The molecule has 0 aliphatic carbocycles. The molecule has 2 aromatic carbocycles. The maximum Gasteiger partial charge on any atom is 0.411 e. The zero-order valence-electron chi connectivity index (χ0n) is 15.7. The topological polar surface area (TPSA) is 87.8 Å². The van der Waals surface area contributed by atoms with E-state index in [1.54, 1.807) is 54.0 Å². The zero-order chi connectivity index (χ0) is 20.4. The van der Waals surface area contributed by atoms with Crippen molar-refractivity contribution in [3.63, 3.8) is 0 Å². The van der Waals surface area contributed by atoms with Crippen molar-refractivity contribution < 1.29 is 14.7 Å². The lowest BCUT2D eigenvalue weighted by Gasteiger charge is -2.18. The molecular weight excluding hydrogens is 368 g/mol. The molecule has 0 atom stereocenters. The smallest absolute Gasteiger partial charge is 0.411 e. The van der Waals surface area contributed by atoms with Crippen molar-refractivity contribution in [1.82, 2.24) is 14.6 Å². The molecular formula is C22H18N4O3. The monoisotopic (exact) mass is 386 g/mol. The van der Waals surface area contributed by atoms with Gasteiger partial charge in [-0.25, -0.2) is 14.3 Å². The van der Waals surface area contributed by atoms with Gasteiger partial charge in [-0.3, -0.25) is 9.69 Å². The highest BCUT2D eigenvalue weighted by Gasteiger charge is 2.18. The number of rotatable bonds is 5. The third-order valence-electron chi connectivity index (χ3n) is 4.68. The summed E-state index contributed by atoms with van der Waals surface area (Å²) in [5, 5.41) is 13.8. The predicted octanol–water partition coefficient (Wildman–Crippen LogP) is 4.13. The van der Waals surface area contributed by atoms with E-state index in [9.17, 15) is 14.7 Å². The van der Waals surface area contributed by atoms with Crippen LogP contribution >= 0.6 is 0 Å². The quantitative estimate of drug-likeness (QED) is 0.521. The van der Waals surface area contributed by atoms with E-state index in [2.05, 4.69) is 10.1 Å². The van der Waals surface area contributed by atoms with Crippen LogP contribution in [0.3, 0.4) is 0 Å². The van der Waals surface area contributed by atoms with Gasteiger partial charge in [0, 0.05) is 29.6 Å². The van der Waals surface area contributed by atoms with Crippen LogP contribution in [-0.4, -0.2) is 38.1 Å². The largest absolute Gasteiger partial charge is 0.465 e. The second-order valence-electron chi connectivity index (χ2n) is 6.40. The number of hydrogen-bond acceptors (Lipinski definition) is 4. The molecule has 7 nitrogen and oxygen atoms in total. The van der Waals surface area contributed by atoms with E-state index >= 15 is 0 Å². The number of fused-ring (bicyclic) bond motifs is 1. The van der Waals surface area contributed by atoms with Crippen LogP contribution in [0.5, 0.6) is 0 Å². The summed E-state index contributed by atoms with van der Waals surface area (Å²) in [6.07, 6.45) is 2.12. The predicted molar refractivity (Wildman–Crippen MR) is 109 cm³/mol. The maximum absolute atomic E-state index is 12.9. The highest BCUT2D eigenvalue weighted by Crippen LogP contribution is 2.26. The van der Waals surface area contributed by atoms with Gasteiger partial charge in [-0.15, -0.1) is 0 Å². The Labute approximate surface area is 166 Å². The highest BCUT2D eigenvalue weighted by molar-refractivity contribution is 6.12. The minimum absolute atomic E-state index is 0.151. The summed E-state index contributed by atoms with van der Waals surface area (Å²) in [5.41, 5.74) is 3.48. The molecule has 0 aliphatic heterocycles. The Morgan fingerprint density at radius 2 is 1.86 bits per heavy atom. The van der Waals surface area contributed by atoms with Gasteiger partial charge in [0.2, 0.25) is 0 Å². The van der Waals surface area contributed by atoms with Crippen molar-refractivity contribution in [2.24, 2.45) is 0 Å². The molecule has 0 fully saturated rings.